The molecule has 1 aromatic carbocycles. The Kier molecular flexibility index (Phi) is 5.43. The highest BCUT2D eigenvalue weighted by Gasteiger charge is 2.20. The Labute approximate surface area is 153 Å². The van der Waals surface area contributed by atoms with E-state index in [0.29, 0.717) is 6.54 Å². The third-order valence-corrected chi connectivity index (χ3v) is 4.79. The number of nitrogens with one attached hydrogen (secondary N) is 1. The summed E-state index contributed by atoms with van der Waals surface area (Å²) in [5.41, 5.74) is 1.17. The van der Waals surface area contributed by atoms with Gasteiger partial charge in [-0.05, 0) is 25.1 Å². The number of piperazine rings is 1. The molecule has 0 atom stereocenters. The summed E-state index contributed by atoms with van der Waals surface area (Å²) in [4.78, 5) is 9.03. The third kappa shape index (κ3) is 4.04. The predicted octanol–water partition coefficient (Wildman–Crippen LogP) is 1.67. The van der Waals surface area contributed by atoms with Crippen LogP contribution >= 0.6 is 11.6 Å². The minimum atomic E-state index is 0.610. The molecule has 0 spiro atoms. The Balaban J connectivity index is 1.56. The first-order valence-corrected chi connectivity index (χ1v) is 8.77. The van der Waals surface area contributed by atoms with E-state index >= 15 is 0 Å². The summed E-state index contributed by atoms with van der Waals surface area (Å²) in [5, 5.41) is 12.4. The van der Waals surface area contributed by atoms with E-state index in [1.54, 1.807) is 0 Å². The molecule has 8 heteroatoms. The van der Waals surface area contributed by atoms with Gasteiger partial charge in [0.05, 0.1) is 6.54 Å². The second-order valence-corrected chi connectivity index (χ2v) is 6.51. The number of halogens is 1. The normalized spacial score (nSPS) is 15.6. The summed E-state index contributed by atoms with van der Waals surface area (Å²) in [7, 11) is 3.78. The quantitative estimate of drug-likeness (QED) is 0.665. The average molecular weight is 362 g/mol. The largest absolute Gasteiger partial charge is 0.368 e. The lowest BCUT2D eigenvalue weighted by atomic mass is 10.2. The molecule has 7 nitrogen and oxygen atoms in total. The predicted molar refractivity (Wildman–Crippen MR) is 101 cm³/mol. The van der Waals surface area contributed by atoms with Crippen molar-refractivity contribution in [3.05, 3.63) is 40.9 Å². The minimum absolute atomic E-state index is 0.610. The van der Waals surface area contributed by atoms with Gasteiger partial charge in [-0.2, -0.15) is 0 Å². The molecule has 0 saturated carbocycles. The van der Waals surface area contributed by atoms with Gasteiger partial charge in [-0.1, -0.05) is 17.7 Å². The van der Waals surface area contributed by atoms with E-state index in [0.717, 1.165) is 48.8 Å². The lowest BCUT2D eigenvalue weighted by Crippen LogP contribution is -2.52. The molecular formula is C17H24ClN7. The molecule has 1 fully saturated rings. The number of rotatable bonds is 3. The van der Waals surface area contributed by atoms with Crippen molar-refractivity contribution in [1.82, 2.24) is 25.0 Å². The molecule has 25 heavy (non-hydrogen) atoms. The van der Waals surface area contributed by atoms with Crippen molar-refractivity contribution in [2.45, 2.75) is 13.5 Å². The number of hydrogen-bond donors (Lipinski definition) is 1. The number of anilines is 1. The Bertz CT molecular complexity index is 747. The number of nitrogens with zero attached hydrogens (tertiary/aromatic N) is 6. The Hall–Kier alpha value is -2.28. The molecule has 0 aliphatic carbocycles. The molecule has 1 aliphatic rings. The fourth-order valence-corrected chi connectivity index (χ4v) is 3.13. The summed E-state index contributed by atoms with van der Waals surface area (Å²) >= 11 is 6.10. The highest BCUT2D eigenvalue weighted by Crippen LogP contribution is 2.20. The van der Waals surface area contributed by atoms with Crippen molar-refractivity contribution in [2.75, 3.05) is 38.1 Å². The molecule has 1 aromatic heterocycles. The zero-order valence-electron chi connectivity index (χ0n) is 14.9. The van der Waals surface area contributed by atoms with Gasteiger partial charge in [0.1, 0.15) is 5.82 Å². The zero-order valence-corrected chi connectivity index (χ0v) is 15.7. The average Bonchev–Trinajstić information content (AvgIpc) is 2.95. The number of aryl methyl sites for hydroxylation is 1. The second-order valence-electron chi connectivity index (χ2n) is 6.08. The van der Waals surface area contributed by atoms with Gasteiger partial charge in [0.15, 0.2) is 11.8 Å². The SMILES string of the molecule is CN=C(NCc1nnc(C)n1C)N1CCN(c2cccc(Cl)c2)CC1. The van der Waals surface area contributed by atoms with Gasteiger partial charge in [-0.3, -0.25) is 4.99 Å². The molecule has 1 N–H and O–H groups in total. The Morgan fingerprint density at radius 1 is 1.24 bits per heavy atom. The van der Waals surface area contributed by atoms with E-state index in [4.69, 9.17) is 11.6 Å². The first kappa shape index (κ1) is 17.5. The van der Waals surface area contributed by atoms with Gasteiger partial charge in [-0.25, -0.2) is 0 Å². The molecule has 0 unspecified atom stereocenters. The zero-order chi connectivity index (χ0) is 17.8. The Morgan fingerprint density at radius 2 is 2.00 bits per heavy atom. The highest BCUT2D eigenvalue weighted by atomic mass is 35.5. The van der Waals surface area contributed by atoms with E-state index < -0.39 is 0 Å². The van der Waals surface area contributed by atoms with Gasteiger partial charge in [0.25, 0.3) is 0 Å². The fraction of sp³-hybridized carbons (Fsp3) is 0.471. The van der Waals surface area contributed by atoms with Crippen molar-refractivity contribution < 1.29 is 0 Å². The van der Waals surface area contributed by atoms with Gasteiger partial charge < -0.3 is 19.7 Å². The summed E-state index contributed by atoms with van der Waals surface area (Å²) in [6.45, 7) is 6.24. The lowest BCUT2D eigenvalue weighted by molar-refractivity contribution is 0.372. The Morgan fingerprint density at radius 3 is 2.60 bits per heavy atom. The van der Waals surface area contributed by atoms with Crippen molar-refractivity contribution >= 4 is 23.2 Å². The van der Waals surface area contributed by atoms with Crippen LogP contribution in [-0.2, 0) is 13.6 Å². The van der Waals surface area contributed by atoms with Gasteiger partial charge >= 0.3 is 0 Å². The number of aromatic nitrogens is 3. The molecule has 3 rings (SSSR count). The lowest BCUT2D eigenvalue weighted by Gasteiger charge is -2.37. The maximum Gasteiger partial charge on any atom is 0.194 e. The van der Waals surface area contributed by atoms with Crippen LogP contribution in [0.1, 0.15) is 11.6 Å². The van der Waals surface area contributed by atoms with Crippen LogP contribution in [0.15, 0.2) is 29.3 Å². The fourth-order valence-electron chi connectivity index (χ4n) is 2.94. The number of hydrogen-bond acceptors (Lipinski definition) is 4. The summed E-state index contributed by atoms with van der Waals surface area (Å²) in [5.74, 6) is 2.70. The van der Waals surface area contributed by atoms with Gasteiger partial charge in [0, 0.05) is 51.0 Å². The monoisotopic (exact) mass is 361 g/mol. The second kappa shape index (κ2) is 7.74. The number of guanidine groups is 1. The molecular weight excluding hydrogens is 338 g/mol. The van der Waals surface area contributed by atoms with Crippen LogP contribution in [0.25, 0.3) is 0 Å². The molecule has 2 heterocycles. The summed E-state index contributed by atoms with van der Waals surface area (Å²) in [6.07, 6.45) is 0. The molecule has 0 amide bonds. The van der Waals surface area contributed by atoms with E-state index in [1.807, 2.05) is 43.8 Å². The summed E-state index contributed by atoms with van der Waals surface area (Å²) < 4.78 is 1.98. The van der Waals surface area contributed by atoms with E-state index in [1.165, 1.54) is 5.69 Å². The van der Waals surface area contributed by atoms with Crippen LogP contribution < -0.4 is 10.2 Å². The standard InChI is InChI=1S/C17H24ClN7/c1-13-21-22-16(23(13)3)12-20-17(19-2)25-9-7-24(8-10-25)15-6-4-5-14(18)11-15/h4-6,11H,7-10,12H2,1-3H3,(H,19,20). The van der Waals surface area contributed by atoms with E-state index in [-0.39, 0.29) is 0 Å². The maximum absolute atomic E-state index is 6.10. The smallest absolute Gasteiger partial charge is 0.194 e. The van der Waals surface area contributed by atoms with Crippen LogP contribution in [0.2, 0.25) is 5.02 Å². The third-order valence-electron chi connectivity index (χ3n) is 4.55. The molecule has 134 valence electrons. The number of benzene rings is 1. The molecule has 0 bridgehead atoms. The van der Waals surface area contributed by atoms with Crippen LogP contribution in [0.4, 0.5) is 5.69 Å². The van der Waals surface area contributed by atoms with E-state index in [2.05, 4.69) is 36.4 Å². The maximum atomic E-state index is 6.10. The first-order valence-electron chi connectivity index (χ1n) is 8.39. The van der Waals surface area contributed by atoms with Crippen molar-refractivity contribution in [1.29, 1.82) is 0 Å². The van der Waals surface area contributed by atoms with Crippen molar-refractivity contribution in [3.8, 4) is 0 Å². The molecule has 2 aromatic rings. The molecule has 1 saturated heterocycles. The highest BCUT2D eigenvalue weighted by molar-refractivity contribution is 6.30. The molecule has 1 aliphatic heterocycles. The van der Waals surface area contributed by atoms with E-state index in [9.17, 15) is 0 Å². The summed E-state index contributed by atoms with van der Waals surface area (Å²) in [6, 6.07) is 8.01. The van der Waals surface area contributed by atoms with Crippen molar-refractivity contribution in [3.63, 3.8) is 0 Å². The topological polar surface area (TPSA) is 61.6 Å². The first-order chi connectivity index (χ1) is 12.1. The van der Waals surface area contributed by atoms with Gasteiger partial charge in [0.2, 0.25) is 0 Å². The van der Waals surface area contributed by atoms with Crippen LogP contribution in [0.5, 0.6) is 0 Å². The van der Waals surface area contributed by atoms with Crippen molar-refractivity contribution in [2.24, 2.45) is 12.0 Å². The molecule has 0 radical (unpaired) electrons. The van der Waals surface area contributed by atoms with Crippen LogP contribution in [0.3, 0.4) is 0 Å². The van der Waals surface area contributed by atoms with Gasteiger partial charge in [-0.15, -0.1) is 10.2 Å². The number of aliphatic imine (C=N–C) groups is 1. The van der Waals surface area contributed by atoms with Crippen LogP contribution in [-0.4, -0.2) is 58.9 Å². The minimum Gasteiger partial charge on any atom is -0.368 e. The van der Waals surface area contributed by atoms with Crippen LogP contribution in [0, 0.1) is 6.92 Å².